The zero-order chi connectivity index (χ0) is 8.72. The van der Waals surface area contributed by atoms with Crippen molar-refractivity contribution in [3.8, 4) is 0 Å². The van der Waals surface area contributed by atoms with Gasteiger partial charge in [-0.25, -0.2) is 0 Å². The van der Waals surface area contributed by atoms with E-state index in [0.717, 1.165) is 12.8 Å². The maximum atomic E-state index is 9.55. The summed E-state index contributed by atoms with van der Waals surface area (Å²) in [6, 6.07) is -0.140. The second kappa shape index (κ2) is 2.71. The highest BCUT2D eigenvalue weighted by Gasteiger charge is 2.32. The van der Waals surface area contributed by atoms with Crippen molar-refractivity contribution >= 4 is 0 Å². The summed E-state index contributed by atoms with van der Waals surface area (Å²) >= 11 is 0. The second-order valence-corrected chi connectivity index (χ2v) is 3.82. The molecule has 2 nitrogen and oxygen atoms in total. The molecule has 2 aliphatic rings. The summed E-state index contributed by atoms with van der Waals surface area (Å²) in [6.07, 6.45) is 5.76. The van der Waals surface area contributed by atoms with Crippen LogP contribution in [0.5, 0.6) is 0 Å². The lowest BCUT2D eigenvalue weighted by atomic mass is 9.90. The number of rotatable bonds is 0. The van der Waals surface area contributed by atoms with Crippen molar-refractivity contribution in [3.63, 3.8) is 0 Å². The lowest BCUT2D eigenvalue weighted by Gasteiger charge is -2.17. The van der Waals surface area contributed by atoms with Crippen LogP contribution < -0.4 is 5.73 Å². The van der Waals surface area contributed by atoms with Gasteiger partial charge in [-0.2, -0.15) is 0 Å². The van der Waals surface area contributed by atoms with E-state index in [1.807, 2.05) is 0 Å². The van der Waals surface area contributed by atoms with Crippen LogP contribution in [0.1, 0.15) is 19.8 Å². The van der Waals surface area contributed by atoms with Gasteiger partial charge in [0.1, 0.15) is 0 Å². The van der Waals surface area contributed by atoms with Gasteiger partial charge in [0.15, 0.2) is 0 Å². The van der Waals surface area contributed by atoms with E-state index in [0.29, 0.717) is 5.92 Å². The molecule has 0 saturated heterocycles. The molecule has 1 unspecified atom stereocenters. The number of aliphatic hydroxyl groups excluding tert-OH is 1. The predicted octanol–water partition coefficient (Wildman–Crippen LogP) is 0.971. The molecule has 2 heteroatoms. The molecule has 0 aromatic heterocycles. The molecule has 0 spiro atoms. The fourth-order valence-corrected chi connectivity index (χ4v) is 2.14. The third-order valence-electron chi connectivity index (χ3n) is 2.96. The van der Waals surface area contributed by atoms with Gasteiger partial charge in [0.25, 0.3) is 0 Å². The summed E-state index contributed by atoms with van der Waals surface area (Å²) in [5, 5.41) is 9.55. The Kier molecular flexibility index (Phi) is 1.81. The molecular weight excluding hydrogens is 150 g/mol. The quantitative estimate of drug-likeness (QED) is 0.562. The molecule has 3 atom stereocenters. The van der Waals surface area contributed by atoms with Gasteiger partial charge in [-0.3, -0.25) is 0 Å². The predicted molar refractivity (Wildman–Crippen MR) is 48.5 cm³/mol. The zero-order valence-corrected chi connectivity index (χ0v) is 7.33. The molecule has 0 fully saturated rings. The van der Waals surface area contributed by atoms with Crippen molar-refractivity contribution < 1.29 is 5.11 Å². The van der Waals surface area contributed by atoms with E-state index in [1.165, 1.54) is 11.1 Å². The van der Waals surface area contributed by atoms with Crippen molar-refractivity contribution in [3.05, 3.63) is 23.3 Å². The minimum absolute atomic E-state index is 0.140. The highest BCUT2D eigenvalue weighted by molar-refractivity contribution is 5.40. The molecular formula is C10H15NO. The van der Waals surface area contributed by atoms with Crippen LogP contribution in [0.3, 0.4) is 0 Å². The van der Waals surface area contributed by atoms with Gasteiger partial charge in [-0.05, 0) is 24.3 Å². The first-order chi connectivity index (χ1) is 5.70. The van der Waals surface area contributed by atoms with Gasteiger partial charge < -0.3 is 10.8 Å². The molecule has 0 heterocycles. The van der Waals surface area contributed by atoms with Crippen LogP contribution in [0.2, 0.25) is 0 Å². The highest BCUT2D eigenvalue weighted by Crippen LogP contribution is 2.36. The lowest BCUT2D eigenvalue weighted by Crippen LogP contribution is -2.31. The standard InChI is InChI=1S/C10H15NO/c1-6-3-2-4-7-8(6)5-9(12)10(7)11/h2,4,6,9-10,12H,3,5,11H2,1H3/t6?,9-,10+/m1/s1. The Bertz CT molecular complexity index is 255. The fourth-order valence-electron chi connectivity index (χ4n) is 2.14. The molecule has 2 aliphatic carbocycles. The average Bonchev–Trinajstić information content (AvgIpc) is 2.32. The number of hydrogen-bond acceptors (Lipinski definition) is 2. The van der Waals surface area contributed by atoms with Crippen LogP contribution >= 0.6 is 0 Å². The molecule has 0 amide bonds. The van der Waals surface area contributed by atoms with Crippen molar-refractivity contribution in [2.24, 2.45) is 11.7 Å². The van der Waals surface area contributed by atoms with Gasteiger partial charge in [-0.1, -0.05) is 24.6 Å². The molecule has 0 aliphatic heterocycles. The van der Waals surface area contributed by atoms with Gasteiger partial charge >= 0.3 is 0 Å². The second-order valence-electron chi connectivity index (χ2n) is 3.82. The van der Waals surface area contributed by atoms with E-state index in [1.54, 1.807) is 0 Å². The maximum Gasteiger partial charge on any atom is 0.0770 e. The zero-order valence-electron chi connectivity index (χ0n) is 7.33. The van der Waals surface area contributed by atoms with Crippen molar-refractivity contribution in [2.45, 2.75) is 31.9 Å². The molecule has 2 rings (SSSR count). The van der Waals surface area contributed by atoms with Crippen molar-refractivity contribution in [2.75, 3.05) is 0 Å². The van der Waals surface area contributed by atoms with Gasteiger partial charge in [0.05, 0.1) is 12.1 Å². The SMILES string of the molecule is CC1CC=CC2=C1C[C@@H](O)[C@H]2N. The Hall–Kier alpha value is -0.600. The van der Waals surface area contributed by atoms with Gasteiger partial charge in [-0.15, -0.1) is 0 Å². The van der Waals surface area contributed by atoms with E-state index in [9.17, 15) is 5.11 Å². The molecule has 0 aromatic carbocycles. The molecule has 12 heavy (non-hydrogen) atoms. The third-order valence-corrected chi connectivity index (χ3v) is 2.96. The summed E-state index contributed by atoms with van der Waals surface area (Å²) in [4.78, 5) is 0. The van der Waals surface area contributed by atoms with Crippen LogP contribution in [0, 0.1) is 5.92 Å². The molecule has 0 bridgehead atoms. The van der Waals surface area contributed by atoms with E-state index in [2.05, 4.69) is 19.1 Å². The lowest BCUT2D eigenvalue weighted by molar-refractivity contribution is 0.168. The van der Waals surface area contributed by atoms with Crippen molar-refractivity contribution in [1.29, 1.82) is 0 Å². The Morgan fingerprint density at radius 2 is 2.33 bits per heavy atom. The van der Waals surface area contributed by atoms with E-state index in [4.69, 9.17) is 5.73 Å². The first-order valence-corrected chi connectivity index (χ1v) is 4.53. The number of aliphatic hydroxyl groups is 1. The summed E-state index contributed by atoms with van der Waals surface area (Å²) in [6.45, 7) is 2.20. The smallest absolute Gasteiger partial charge is 0.0770 e. The Morgan fingerprint density at radius 1 is 1.58 bits per heavy atom. The van der Waals surface area contributed by atoms with E-state index < -0.39 is 0 Å². The van der Waals surface area contributed by atoms with Crippen LogP contribution in [-0.2, 0) is 0 Å². The van der Waals surface area contributed by atoms with Crippen LogP contribution in [0.25, 0.3) is 0 Å². The van der Waals surface area contributed by atoms with Crippen LogP contribution in [-0.4, -0.2) is 17.3 Å². The average molecular weight is 165 g/mol. The molecule has 66 valence electrons. The first-order valence-electron chi connectivity index (χ1n) is 4.53. The number of hydrogen-bond donors (Lipinski definition) is 2. The summed E-state index contributed by atoms with van der Waals surface area (Å²) in [5.41, 5.74) is 8.39. The fraction of sp³-hybridized carbons (Fsp3) is 0.600. The van der Waals surface area contributed by atoms with E-state index >= 15 is 0 Å². The Morgan fingerprint density at radius 3 is 3.00 bits per heavy atom. The normalized spacial score (nSPS) is 40.4. The summed E-state index contributed by atoms with van der Waals surface area (Å²) < 4.78 is 0. The number of nitrogens with two attached hydrogens (primary N) is 1. The van der Waals surface area contributed by atoms with Gasteiger partial charge in [0, 0.05) is 0 Å². The van der Waals surface area contributed by atoms with Crippen LogP contribution in [0.4, 0.5) is 0 Å². The monoisotopic (exact) mass is 165 g/mol. The molecule has 0 radical (unpaired) electrons. The third kappa shape index (κ3) is 1.03. The number of allylic oxidation sites excluding steroid dienone is 1. The Balaban J connectivity index is 2.32. The molecule has 0 saturated carbocycles. The highest BCUT2D eigenvalue weighted by atomic mass is 16.3. The summed E-state index contributed by atoms with van der Waals surface area (Å²) in [7, 11) is 0. The minimum atomic E-state index is -0.347. The summed E-state index contributed by atoms with van der Waals surface area (Å²) in [5.74, 6) is 0.577. The largest absolute Gasteiger partial charge is 0.391 e. The topological polar surface area (TPSA) is 46.2 Å². The van der Waals surface area contributed by atoms with E-state index in [-0.39, 0.29) is 12.1 Å². The molecule has 0 aromatic rings. The maximum absolute atomic E-state index is 9.55. The molecule has 3 N–H and O–H groups in total. The van der Waals surface area contributed by atoms with Crippen LogP contribution in [0.15, 0.2) is 23.3 Å². The van der Waals surface area contributed by atoms with Gasteiger partial charge in [0.2, 0.25) is 0 Å². The minimum Gasteiger partial charge on any atom is -0.391 e. The van der Waals surface area contributed by atoms with Crippen molar-refractivity contribution in [1.82, 2.24) is 0 Å². The Labute approximate surface area is 72.8 Å². The first kappa shape index (κ1) is 8.02.